The molecule has 2 atom stereocenters. The van der Waals surface area contributed by atoms with Crippen LogP contribution in [0.3, 0.4) is 0 Å². The van der Waals surface area contributed by atoms with E-state index in [1.165, 1.54) is 0 Å². The molecular weight excluding hydrogens is 188 g/mol. The van der Waals surface area contributed by atoms with Gasteiger partial charge in [0.1, 0.15) is 0 Å². The number of likely N-dealkylation sites (tertiary alicyclic amines) is 1. The van der Waals surface area contributed by atoms with Crippen molar-refractivity contribution in [2.45, 2.75) is 46.6 Å². The van der Waals surface area contributed by atoms with Gasteiger partial charge in [-0.1, -0.05) is 27.7 Å². The molecule has 88 valence electrons. The van der Waals surface area contributed by atoms with Crippen LogP contribution in [0.15, 0.2) is 0 Å². The van der Waals surface area contributed by atoms with Crippen LogP contribution in [0.5, 0.6) is 0 Å². The molecule has 0 radical (unpaired) electrons. The first-order chi connectivity index (χ1) is 6.79. The summed E-state index contributed by atoms with van der Waals surface area (Å²) in [4.78, 5) is 13.9. The molecule has 0 aliphatic carbocycles. The number of carbonyl (C=O) groups is 1. The predicted octanol–water partition coefficient (Wildman–Crippen LogP) is 1.62. The van der Waals surface area contributed by atoms with Crippen molar-refractivity contribution >= 4 is 5.91 Å². The molecule has 2 N–H and O–H groups in total. The van der Waals surface area contributed by atoms with Crippen LogP contribution in [0.2, 0.25) is 0 Å². The molecule has 15 heavy (non-hydrogen) atoms. The molecular formula is C12H24N2O. The van der Waals surface area contributed by atoms with Crippen molar-refractivity contribution in [2.75, 3.05) is 13.1 Å². The zero-order valence-electron chi connectivity index (χ0n) is 10.4. The largest absolute Gasteiger partial charge is 0.342 e. The number of rotatable bonds is 1. The van der Waals surface area contributed by atoms with Crippen molar-refractivity contribution in [1.82, 2.24) is 4.90 Å². The Kier molecular flexibility index (Phi) is 3.77. The number of piperidine rings is 1. The van der Waals surface area contributed by atoms with E-state index >= 15 is 0 Å². The highest BCUT2D eigenvalue weighted by Crippen LogP contribution is 2.22. The van der Waals surface area contributed by atoms with Gasteiger partial charge in [0.15, 0.2) is 0 Å². The van der Waals surface area contributed by atoms with E-state index in [4.69, 9.17) is 5.73 Å². The molecule has 3 heteroatoms. The van der Waals surface area contributed by atoms with Crippen LogP contribution in [-0.4, -0.2) is 29.9 Å². The molecule has 2 unspecified atom stereocenters. The minimum absolute atomic E-state index is 0.0832. The van der Waals surface area contributed by atoms with Gasteiger partial charge in [-0.05, 0) is 17.8 Å². The standard InChI is InChI=1S/C12H24N2O/c1-9-8-14(6-5-10(9)13)11(15)7-12(2,3)4/h9-10H,5-8,13H2,1-4H3. The van der Waals surface area contributed by atoms with Crippen molar-refractivity contribution in [3.63, 3.8) is 0 Å². The van der Waals surface area contributed by atoms with Gasteiger partial charge >= 0.3 is 0 Å². The quantitative estimate of drug-likeness (QED) is 0.718. The number of hydrogen-bond donors (Lipinski definition) is 1. The summed E-state index contributed by atoms with van der Waals surface area (Å²) in [6.45, 7) is 10.1. The topological polar surface area (TPSA) is 46.3 Å². The fraction of sp³-hybridized carbons (Fsp3) is 0.917. The van der Waals surface area contributed by atoms with Crippen LogP contribution in [0.4, 0.5) is 0 Å². The summed E-state index contributed by atoms with van der Waals surface area (Å²) >= 11 is 0. The maximum atomic E-state index is 12.0. The highest BCUT2D eigenvalue weighted by molar-refractivity contribution is 5.76. The number of nitrogens with zero attached hydrogens (tertiary/aromatic N) is 1. The number of nitrogens with two attached hydrogens (primary N) is 1. The molecule has 3 nitrogen and oxygen atoms in total. The van der Waals surface area contributed by atoms with Crippen LogP contribution < -0.4 is 5.73 Å². The number of amides is 1. The van der Waals surface area contributed by atoms with Crippen LogP contribution in [0.25, 0.3) is 0 Å². The van der Waals surface area contributed by atoms with Gasteiger partial charge in [0.2, 0.25) is 5.91 Å². The van der Waals surface area contributed by atoms with Gasteiger partial charge in [0.05, 0.1) is 0 Å². The lowest BCUT2D eigenvalue weighted by Gasteiger charge is -2.36. The molecule has 1 fully saturated rings. The normalized spacial score (nSPS) is 27.9. The van der Waals surface area contributed by atoms with Gasteiger partial charge < -0.3 is 10.6 Å². The summed E-state index contributed by atoms with van der Waals surface area (Å²) in [5.41, 5.74) is 6.01. The maximum absolute atomic E-state index is 12.0. The third kappa shape index (κ3) is 3.82. The van der Waals surface area contributed by atoms with E-state index in [-0.39, 0.29) is 17.4 Å². The van der Waals surface area contributed by atoms with E-state index in [2.05, 4.69) is 27.7 Å². The summed E-state index contributed by atoms with van der Waals surface area (Å²) in [6, 6.07) is 0.267. The number of carbonyl (C=O) groups excluding carboxylic acids is 1. The third-order valence-electron chi connectivity index (χ3n) is 3.01. The molecule has 0 aromatic carbocycles. The lowest BCUT2D eigenvalue weighted by molar-refractivity contribution is -0.135. The molecule has 0 spiro atoms. The first kappa shape index (κ1) is 12.5. The van der Waals surface area contributed by atoms with E-state index in [1.807, 2.05) is 4.90 Å². The molecule has 1 amide bonds. The second-order valence-electron chi connectivity index (χ2n) is 6.01. The monoisotopic (exact) mass is 212 g/mol. The lowest BCUT2D eigenvalue weighted by atomic mass is 9.89. The van der Waals surface area contributed by atoms with Gasteiger partial charge in [-0.2, -0.15) is 0 Å². The van der Waals surface area contributed by atoms with E-state index in [0.717, 1.165) is 19.5 Å². The smallest absolute Gasteiger partial charge is 0.223 e. The van der Waals surface area contributed by atoms with Crippen LogP contribution >= 0.6 is 0 Å². The Bertz CT molecular complexity index is 232. The first-order valence-electron chi connectivity index (χ1n) is 5.83. The molecule has 1 heterocycles. The SMILES string of the molecule is CC1CN(C(=O)CC(C)(C)C)CCC1N. The van der Waals surface area contributed by atoms with Crippen molar-refractivity contribution in [3.05, 3.63) is 0 Å². The molecule has 1 aliphatic heterocycles. The zero-order chi connectivity index (χ0) is 11.6. The van der Waals surface area contributed by atoms with E-state index in [1.54, 1.807) is 0 Å². The number of hydrogen-bond acceptors (Lipinski definition) is 2. The van der Waals surface area contributed by atoms with E-state index < -0.39 is 0 Å². The maximum Gasteiger partial charge on any atom is 0.223 e. The van der Waals surface area contributed by atoms with Gasteiger partial charge in [-0.3, -0.25) is 4.79 Å². The zero-order valence-corrected chi connectivity index (χ0v) is 10.4. The fourth-order valence-electron chi connectivity index (χ4n) is 1.96. The summed E-state index contributed by atoms with van der Waals surface area (Å²) in [6.07, 6.45) is 1.58. The molecule has 0 saturated carbocycles. The Morgan fingerprint density at radius 1 is 1.47 bits per heavy atom. The second-order valence-corrected chi connectivity index (χ2v) is 6.01. The van der Waals surface area contributed by atoms with Crippen molar-refractivity contribution < 1.29 is 4.79 Å². The van der Waals surface area contributed by atoms with Gasteiger partial charge in [-0.25, -0.2) is 0 Å². The Balaban J connectivity index is 2.48. The highest BCUT2D eigenvalue weighted by atomic mass is 16.2. The van der Waals surface area contributed by atoms with E-state index in [9.17, 15) is 4.79 Å². The molecule has 0 aromatic rings. The average molecular weight is 212 g/mol. The minimum Gasteiger partial charge on any atom is -0.342 e. The van der Waals surface area contributed by atoms with Crippen LogP contribution in [-0.2, 0) is 4.79 Å². The van der Waals surface area contributed by atoms with Crippen LogP contribution in [0, 0.1) is 11.3 Å². The van der Waals surface area contributed by atoms with Gasteiger partial charge in [0.25, 0.3) is 0 Å². The molecule has 1 rings (SSSR count). The highest BCUT2D eigenvalue weighted by Gasteiger charge is 2.28. The Morgan fingerprint density at radius 2 is 2.07 bits per heavy atom. The third-order valence-corrected chi connectivity index (χ3v) is 3.01. The molecule has 1 saturated heterocycles. The Labute approximate surface area is 93.0 Å². The van der Waals surface area contributed by atoms with E-state index in [0.29, 0.717) is 12.3 Å². The predicted molar refractivity (Wildman–Crippen MR) is 62.4 cm³/mol. The van der Waals surface area contributed by atoms with Crippen LogP contribution in [0.1, 0.15) is 40.5 Å². The summed E-state index contributed by atoms with van der Waals surface area (Å²) in [5, 5.41) is 0. The second kappa shape index (κ2) is 4.52. The van der Waals surface area contributed by atoms with Crippen molar-refractivity contribution in [3.8, 4) is 0 Å². The fourth-order valence-corrected chi connectivity index (χ4v) is 1.96. The summed E-state index contributed by atoms with van der Waals surface area (Å²) < 4.78 is 0. The van der Waals surface area contributed by atoms with Crippen molar-refractivity contribution in [2.24, 2.45) is 17.1 Å². The summed E-state index contributed by atoms with van der Waals surface area (Å²) in [5.74, 6) is 0.712. The Hall–Kier alpha value is -0.570. The lowest BCUT2D eigenvalue weighted by Crippen LogP contribution is -2.48. The molecule has 1 aliphatic rings. The van der Waals surface area contributed by atoms with Gasteiger partial charge in [-0.15, -0.1) is 0 Å². The molecule has 0 aromatic heterocycles. The Morgan fingerprint density at radius 3 is 2.53 bits per heavy atom. The van der Waals surface area contributed by atoms with Crippen molar-refractivity contribution in [1.29, 1.82) is 0 Å². The first-order valence-corrected chi connectivity index (χ1v) is 5.83. The molecule has 0 bridgehead atoms. The minimum atomic E-state index is 0.0832. The van der Waals surface area contributed by atoms with Gasteiger partial charge in [0, 0.05) is 25.6 Å². The average Bonchev–Trinajstić information content (AvgIpc) is 2.06. The summed E-state index contributed by atoms with van der Waals surface area (Å²) in [7, 11) is 0.